The zero-order valence-electron chi connectivity index (χ0n) is 11.2. The minimum atomic E-state index is -0.0244. The van der Waals surface area contributed by atoms with E-state index in [1.165, 1.54) is 0 Å². The van der Waals surface area contributed by atoms with Crippen LogP contribution in [0.3, 0.4) is 0 Å². The molecule has 3 rings (SSSR count). The topological polar surface area (TPSA) is 29.5 Å². The molecule has 0 aliphatic carbocycles. The fourth-order valence-electron chi connectivity index (χ4n) is 2.40. The lowest BCUT2D eigenvalue weighted by molar-refractivity contribution is 0.104. The first-order chi connectivity index (χ1) is 9.79. The van der Waals surface area contributed by atoms with E-state index in [2.05, 4.69) is 0 Å². The summed E-state index contributed by atoms with van der Waals surface area (Å²) in [6.45, 7) is -0.0244. The Morgan fingerprint density at radius 2 is 2.05 bits per heavy atom. The van der Waals surface area contributed by atoms with E-state index in [1.807, 2.05) is 65.7 Å². The summed E-state index contributed by atoms with van der Waals surface area (Å²) >= 11 is 0. The third kappa shape index (κ3) is 2.20. The number of benzene rings is 1. The molecule has 98 valence electrons. The third-order valence-electron chi connectivity index (χ3n) is 3.43. The molecule has 20 heavy (non-hydrogen) atoms. The van der Waals surface area contributed by atoms with Crippen LogP contribution in [-0.2, 0) is 0 Å². The smallest absolute Gasteiger partial charge is 0.323 e. The van der Waals surface area contributed by atoms with E-state index in [0.717, 1.165) is 5.47 Å². The van der Waals surface area contributed by atoms with E-state index in [1.54, 1.807) is 13.2 Å². The summed E-state index contributed by atoms with van der Waals surface area (Å²) in [5.74, 6) is 2.75. The molecule has 0 spiro atoms. The van der Waals surface area contributed by atoms with Gasteiger partial charge >= 0.3 is 6.85 Å². The van der Waals surface area contributed by atoms with E-state index >= 15 is 0 Å². The zero-order chi connectivity index (χ0) is 13.9. The molecule has 0 fully saturated rings. The van der Waals surface area contributed by atoms with Gasteiger partial charge in [0.1, 0.15) is 5.75 Å². The molecule has 4 heteroatoms. The molecular weight excluding hydrogens is 249 g/mol. The number of Topliss-reactive ketones (excluding diaryl/α,β-unsaturated/α-hetero) is 1. The normalized spacial score (nSPS) is 15.9. The number of carbonyl (C=O) groups is 1. The Labute approximate surface area is 118 Å². The monoisotopic (exact) mass is 263 g/mol. The number of rotatable bonds is 3. The number of carbonyl (C=O) groups excluding carboxylic acids is 1. The van der Waals surface area contributed by atoms with Gasteiger partial charge in [0.25, 0.3) is 0 Å². The van der Waals surface area contributed by atoms with Gasteiger partial charge in [0, 0.05) is 5.56 Å². The fourth-order valence-corrected chi connectivity index (χ4v) is 2.40. The molecular formula is C16H14BNO2. The van der Waals surface area contributed by atoms with Gasteiger partial charge in [0.2, 0.25) is 0 Å². The summed E-state index contributed by atoms with van der Waals surface area (Å²) in [7, 11) is 1.60. The van der Waals surface area contributed by atoms with Gasteiger partial charge in [-0.05, 0) is 42.2 Å². The van der Waals surface area contributed by atoms with Crippen LogP contribution in [0.4, 0.5) is 0 Å². The molecule has 1 aromatic rings. The second-order valence-corrected chi connectivity index (χ2v) is 4.64. The van der Waals surface area contributed by atoms with Gasteiger partial charge in [-0.25, -0.2) is 0 Å². The van der Waals surface area contributed by atoms with Crippen LogP contribution >= 0.6 is 0 Å². The first-order valence-electron chi connectivity index (χ1n) is 6.49. The van der Waals surface area contributed by atoms with Crippen molar-refractivity contribution in [3.05, 3.63) is 78.0 Å². The van der Waals surface area contributed by atoms with Crippen LogP contribution in [0.15, 0.2) is 72.4 Å². The molecule has 0 radical (unpaired) electrons. The molecule has 2 heterocycles. The van der Waals surface area contributed by atoms with Gasteiger partial charge in [0.15, 0.2) is 5.78 Å². The maximum Gasteiger partial charge on any atom is 0.323 e. The van der Waals surface area contributed by atoms with E-state index in [9.17, 15) is 4.79 Å². The molecule has 0 saturated carbocycles. The van der Waals surface area contributed by atoms with E-state index in [0.29, 0.717) is 11.3 Å². The van der Waals surface area contributed by atoms with Crippen molar-refractivity contribution >= 4 is 12.6 Å². The predicted octanol–water partition coefficient (Wildman–Crippen LogP) is 2.79. The molecule has 0 N–H and O–H groups in total. The summed E-state index contributed by atoms with van der Waals surface area (Å²) < 4.78 is 5.18. The van der Waals surface area contributed by atoms with Gasteiger partial charge in [-0.2, -0.15) is 0 Å². The van der Waals surface area contributed by atoms with Gasteiger partial charge < -0.3 is 9.55 Å². The van der Waals surface area contributed by atoms with Crippen molar-refractivity contribution in [3.63, 3.8) is 0 Å². The molecule has 2 aliphatic heterocycles. The van der Waals surface area contributed by atoms with Crippen LogP contribution < -0.4 is 4.74 Å². The summed E-state index contributed by atoms with van der Waals surface area (Å²) in [5, 5.41) is 0. The van der Waals surface area contributed by atoms with Gasteiger partial charge in [-0.3, -0.25) is 4.79 Å². The Morgan fingerprint density at radius 3 is 2.90 bits per heavy atom. The Morgan fingerprint density at radius 1 is 1.20 bits per heavy atom. The first-order valence-corrected chi connectivity index (χ1v) is 6.49. The van der Waals surface area contributed by atoms with Crippen molar-refractivity contribution in [2.45, 2.75) is 0 Å². The lowest BCUT2D eigenvalue weighted by Crippen LogP contribution is -2.37. The Balaban J connectivity index is 1.93. The second kappa shape index (κ2) is 5.25. The number of ketones is 1. The average Bonchev–Trinajstić information content (AvgIpc) is 2.53. The van der Waals surface area contributed by atoms with Crippen LogP contribution in [0, 0.1) is 0 Å². The van der Waals surface area contributed by atoms with E-state index in [4.69, 9.17) is 4.74 Å². The molecule has 3 nitrogen and oxygen atoms in total. The van der Waals surface area contributed by atoms with Crippen molar-refractivity contribution in [2.75, 3.05) is 7.11 Å². The van der Waals surface area contributed by atoms with Crippen LogP contribution in [0.1, 0.15) is 10.4 Å². The molecule has 0 amide bonds. The molecule has 2 aliphatic rings. The molecule has 0 atom stereocenters. The molecule has 0 bridgehead atoms. The summed E-state index contributed by atoms with van der Waals surface area (Å²) in [6.07, 6.45) is 11.6. The number of ether oxygens (including phenoxy) is 1. The Hall–Kier alpha value is -2.49. The number of hydrogen-bond acceptors (Lipinski definition) is 3. The average molecular weight is 263 g/mol. The van der Waals surface area contributed by atoms with Crippen LogP contribution in [-0.4, -0.2) is 24.6 Å². The van der Waals surface area contributed by atoms with Crippen molar-refractivity contribution in [1.29, 1.82) is 0 Å². The minimum Gasteiger partial charge on any atom is -0.497 e. The predicted molar refractivity (Wildman–Crippen MR) is 80.4 cm³/mol. The highest BCUT2D eigenvalue weighted by atomic mass is 16.5. The van der Waals surface area contributed by atoms with Crippen LogP contribution in [0.5, 0.6) is 5.75 Å². The lowest BCUT2D eigenvalue weighted by Gasteiger charge is -2.28. The maximum absolute atomic E-state index is 12.7. The van der Waals surface area contributed by atoms with Gasteiger partial charge in [-0.1, -0.05) is 30.3 Å². The molecule has 1 aromatic carbocycles. The zero-order valence-corrected chi connectivity index (χ0v) is 11.2. The summed E-state index contributed by atoms with van der Waals surface area (Å²) in [6, 6.07) is 7.26. The highest BCUT2D eigenvalue weighted by Crippen LogP contribution is 2.23. The number of methoxy groups -OCH3 is 1. The maximum atomic E-state index is 12.7. The van der Waals surface area contributed by atoms with Crippen molar-refractivity contribution in [3.8, 4) is 5.75 Å². The standard InChI is InChI=1S/C16H14BNO2/c1-20-14-7-4-6-13(12-14)16(19)15-8-5-11-18-10-3-2-9-17(15)18/h2-12H,1H3. The van der Waals surface area contributed by atoms with Crippen LogP contribution in [0.25, 0.3) is 0 Å². The minimum absolute atomic E-state index is 0.0244. The number of nitrogens with zero attached hydrogens (tertiary/aromatic N) is 1. The van der Waals surface area contributed by atoms with Crippen molar-refractivity contribution < 1.29 is 9.53 Å². The summed E-state index contributed by atoms with van der Waals surface area (Å²) in [5.41, 5.74) is 1.41. The van der Waals surface area contributed by atoms with Crippen LogP contribution in [0.2, 0.25) is 0 Å². The molecule has 0 saturated heterocycles. The Bertz CT molecular complexity index is 658. The highest BCUT2D eigenvalue weighted by Gasteiger charge is 2.30. The largest absolute Gasteiger partial charge is 0.497 e. The van der Waals surface area contributed by atoms with Gasteiger partial charge in [-0.15, -0.1) is 0 Å². The quantitative estimate of drug-likeness (QED) is 0.620. The van der Waals surface area contributed by atoms with Crippen molar-refractivity contribution in [2.24, 2.45) is 0 Å². The van der Waals surface area contributed by atoms with Gasteiger partial charge in [0.05, 0.1) is 7.11 Å². The number of allylic oxidation sites excluding steroid dienone is 5. The summed E-state index contributed by atoms with van der Waals surface area (Å²) in [4.78, 5) is 14.7. The Kier molecular flexibility index (Phi) is 3.29. The van der Waals surface area contributed by atoms with E-state index < -0.39 is 0 Å². The first kappa shape index (κ1) is 12.5. The lowest BCUT2D eigenvalue weighted by atomic mass is 9.50. The molecule has 0 unspecified atom stereocenters. The third-order valence-corrected chi connectivity index (χ3v) is 3.43. The second-order valence-electron chi connectivity index (χ2n) is 4.64. The fraction of sp³-hybridized carbons (Fsp3) is 0.0625. The number of hydrogen-bond donors (Lipinski definition) is 0. The van der Waals surface area contributed by atoms with Crippen molar-refractivity contribution in [1.82, 2.24) is 4.81 Å². The SMILES string of the molecule is COc1cccc(C(=O)C2=CC=CN3C=CC=CB23)c1. The highest BCUT2D eigenvalue weighted by molar-refractivity contribution is 6.76. The molecule has 0 aromatic heterocycles. The van der Waals surface area contributed by atoms with E-state index in [-0.39, 0.29) is 12.6 Å². The number of fused-ring (bicyclic) bond motifs is 1.